The molecule has 188 valence electrons. The Labute approximate surface area is 201 Å². The molecule has 4 aliphatic carbocycles. The normalized spacial score (nSPS) is 54.1. The van der Waals surface area contributed by atoms with Gasteiger partial charge in [0.2, 0.25) is 0 Å². The maximum atomic E-state index is 12.6. The largest absolute Gasteiger partial charge is 0.393 e. The predicted molar refractivity (Wildman–Crippen MR) is 131 cm³/mol. The van der Waals surface area contributed by atoms with Crippen LogP contribution in [0.4, 0.5) is 0 Å². The van der Waals surface area contributed by atoms with E-state index in [-0.39, 0.29) is 28.8 Å². The summed E-state index contributed by atoms with van der Waals surface area (Å²) in [6, 6.07) is 0. The van der Waals surface area contributed by atoms with E-state index in [0.29, 0.717) is 37.7 Å². The van der Waals surface area contributed by atoms with Crippen molar-refractivity contribution in [3.05, 3.63) is 11.6 Å². The van der Waals surface area contributed by atoms with Gasteiger partial charge < -0.3 is 19.7 Å². The number of fused-ring (bicyclic) bond motifs is 7. The Morgan fingerprint density at radius 2 is 1.91 bits per heavy atom. The summed E-state index contributed by atoms with van der Waals surface area (Å²) in [5.74, 6) is 1.39. The first-order chi connectivity index (χ1) is 15.5. The molecule has 8 unspecified atom stereocenters. The summed E-state index contributed by atoms with van der Waals surface area (Å²) < 4.78 is 13.1. The molecule has 1 aliphatic heterocycles. The first-order valence-corrected chi connectivity index (χ1v) is 14.0. The third-order valence-corrected chi connectivity index (χ3v) is 11.6. The minimum atomic E-state index is -0.730. The molecule has 2 N–H and O–H groups in total. The highest BCUT2D eigenvalue weighted by Gasteiger charge is 2.74. The second-order valence-electron chi connectivity index (χ2n) is 13.0. The molecular weight excluding hydrogens is 412 g/mol. The van der Waals surface area contributed by atoms with Crippen molar-refractivity contribution >= 4 is 0 Å². The Hall–Kier alpha value is -0.420. The Balaban J connectivity index is 1.47. The van der Waals surface area contributed by atoms with E-state index in [1.165, 1.54) is 25.7 Å². The van der Waals surface area contributed by atoms with E-state index in [1.807, 2.05) is 13.8 Å². The van der Waals surface area contributed by atoms with E-state index in [4.69, 9.17) is 9.47 Å². The van der Waals surface area contributed by atoms with E-state index in [9.17, 15) is 10.2 Å². The van der Waals surface area contributed by atoms with Gasteiger partial charge in [-0.25, -0.2) is 0 Å². The Bertz CT molecular complexity index is 794. The molecule has 5 rings (SSSR count). The number of aliphatic hydroxyl groups is 2. The second kappa shape index (κ2) is 8.05. The SMILES string of the molecule is CCOC1(CC(O)CC)OC2CC3(O)C4CC=C5CC(C)CC[C@]5(C)C4CC[C@]3(C)C2[C@@H]1C. The van der Waals surface area contributed by atoms with E-state index < -0.39 is 17.5 Å². The van der Waals surface area contributed by atoms with Crippen molar-refractivity contribution in [1.82, 2.24) is 0 Å². The predicted octanol–water partition coefficient (Wildman–Crippen LogP) is 5.86. The van der Waals surface area contributed by atoms with Gasteiger partial charge in [-0.15, -0.1) is 0 Å². The zero-order valence-electron chi connectivity index (χ0n) is 21.9. The van der Waals surface area contributed by atoms with Gasteiger partial charge in [-0.3, -0.25) is 0 Å². The van der Waals surface area contributed by atoms with Crippen molar-refractivity contribution in [2.75, 3.05) is 6.61 Å². The minimum absolute atomic E-state index is 0.00826. The maximum Gasteiger partial charge on any atom is 0.173 e. The summed E-state index contributed by atoms with van der Waals surface area (Å²) in [5.41, 5.74) is 1.09. The fourth-order valence-corrected chi connectivity index (χ4v) is 9.66. The number of aliphatic hydroxyl groups excluding tert-OH is 1. The van der Waals surface area contributed by atoms with Crippen LogP contribution in [0, 0.1) is 40.4 Å². The molecule has 0 spiro atoms. The third-order valence-electron chi connectivity index (χ3n) is 11.6. The number of hydrogen-bond acceptors (Lipinski definition) is 4. The first kappa shape index (κ1) is 24.3. The van der Waals surface area contributed by atoms with Crippen LogP contribution in [0.15, 0.2) is 11.6 Å². The lowest BCUT2D eigenvalue weighted by atomic mass is 9.45. The summed E-state index contributed by atoms with van der Waals surface area (Å²) in [6.45, 7) is 14.1. The quantitative estimate of drug-likeness (QED) is 0.505. The van der Waals surface area contributed by atoms with Crippen LogP contribution in [0.25, 0.3) is 0 Å². The van der Waals surface area contributed by atoms with Crippen molar-refractivity contribution < 1.29 is 19.7 Å². The summed E-state index contributed by atoms with van der Waals surface area (Å²) in [6.07, 6.45) is 11.2. The molecule has 4 nitrogen and oxygen atoms in total. The topological polar surface area (TPSA) is 58.9 Å². The summed E-state index contributed by atoms with van der Waals surface area (Å²) >= 11 is 0. The molecule has 1 heterocycles. The molecule has 0 radical (unpaired) electrons. The van der Waals surface area contributed by atoms with Gasteiger partial charge in [-0.2, -0.15) is 0 Å². The van der Waals surface area contributed by atoms with Gasteiger partial charge in [0.05, 0.1) is 17.8 Å². The van der Waals surface area contributed by atoms with Crippen molar-refractivity contribution in [2.45, 2.75) is 123 Å². The summed E-state index contributed by atoms with van der Waals surface area (Å²) in [4.78, 5) is 0. The van der Waals surface area contributed by atoms with Crippen molar-refractivity contribution in [3.63, 3.8) is 0 Å². The molecule has 0 aromatic heterocycles. The van der Waals surface area contributed by atoms with Crippen LogP contribution in [0.3, 0.4) is 0 Å². The van der Waals surface area contributed by atoms with Crippen LogP contribution in [-0.2, 0) is 9.47 Å². The van der Waals surface area contributed by atoms with Crippen molar-refractivity contribution in [1.29, 1.82) is 0 Å². The molecule has 1 saturated heterocycles. The molecule has 33 heavy (non-hydrogen) atoms. The maximum absolute atomic E-state index is 12.6. The fourth-order valence-electron chi connectivity index (χ4n) is 9.66. The highest BCUT2D eigenvalue weighted by molar-refractivity contribution is 5.29. The highest BCUT2D eigenvalue weighted by Crippen LogP contribution is 2.72. The molecule has 0 aromatic carbocycles. The van der Waals surface area contributed by atoms with Crippen LogP contribution in [0.2, 0.25) is 0 Å². The smallest absolute Gasteiger partial charge is 0.173 e. The number of ether oxygens (including phenoxy) is 2. The van der Waals surface area contributed by atoms with Crippen molar-refractivity contribution in [3.8, 4) is 0 Å². The monoisotopic (exact) mass is 460 g/mol. The molecule has 4 heteroatoms. The van der Waals surface area contributed by atoms with E-state index in [1.54, 1.807) is 5.57 Å². The molecule has 11 atom stereocenters. The van der Waals surface area contributed by atoms with Gasteiger partial charge in [0, 0.05) is 36.7 Å². The standard InChI is InChI=1S/C29H48O4/c1-7-21(30)16-29(32-8-2)19(4)25-24(33-29)17-28(31)23-10-9-20-15-18(3)11-13-26(20,5)22(23)12-14-27(25,28)6/h9,18-19,21-25,30-31H,7-8,10-17H2,1-6H3/t18?,19-,21?,22?,23?,24?,25?,26-,27+,28?,29?/m0/s1. The highest BCUT2D eigenvalue weighted by atomic mass is 16.7. The van der Waals surface area contributed by atoms with Gasteiger partial charge >= 0.3 is 0 Å². The van der Waals surface area contributed by atoms with Gasteiger partial charge in [-0.05, 0) is 75.0 Å². The molecule has 3 saturated carbocycles. The van der Waals surface area contributed by atoms with E-state index in [0.717, 1.165) is 18.8 Å². The molecule has 0 aromatic rings. The first-order valence-electron chi connectivity index (χ1n) is 14.0. The zero-order chi connectivity index (χ0) is 23.8. The summed E-state index contributed by atoms with van der Waals surface area (Å²) in [7, 11) is 0. The van der Waals surface area contributed by atoms with Crippen LogP contribution < -0.4 is 0 Å². The number of hydrogen-bond donors (Lipinski definition) is 2. The molecule has 5 aliphatic rings. The third kappa shape index (κ3) is 3.22. The van der Waals surface area contributed by atoms with Crippen LogP contribution in [-0.4, -0.2) is 40.4 Å². The van der Waals surface area contributed by atoms with Crippen LogP contribution >= 0.6 is 0 Å². The lowest BCUT2D eigenvalue weighted by Crippen LogP contribution is -2.61. The lowest BCUT2D eigenvalue weighted by molar-refractivity contribution is -0.267. The molecule has 0 amide bonds. The Morgan fingerprint density at radius 1 is 1.15 bits per heavy atom. The second-order valence-corrected chi connectivity index (χ2v) is 13.0. The summed E-state index contributed by atoms with van der Waals surface area (Å²) in [5, 5.41) is 23.1. The van der Waals surface area contributed by atoms with Gasteiger partial charge in [0.25, 0.3) is 0 Å². The van der Waals surface area contributed by atoms with E-state index in [2.05, 4.69) is 33.8 Å². The minimum Gasteiger partial charge on any atom is -0.393 e. The Kier molecular flexibility index (Phi) is 5.92. The van der Waals surface area contributed by atoms with Gasteiger partial charge in [-0.1, -0.05) is 46.3 Å². The molecule has 0 bridgehead atoms. The van der Waals surface area contributed by atoms with Gasteiger partial charge in [0.1, 0.15) is 0 Å². The van der Waals surface area contributed by atoms with E-state index >= 15 is 0 Å². The average Bonchev–Trinajstić information content (AvgIpc) is 3.15. The van der Waals surface area contributed by atoms with Crippen LogP contribution in [0.5, 0.6) is 0 Å². The molecular formula is C29H48O4. The van der Waals surface area contributed by atoms with Gasteiger partial charge in [0.15, 0.2) is 5.79 Å². The number of allylic oxidation sites excluding steroid dienone is 2. The number of rotatable bonds is 5. The van der Waals surface area contributed by atoms with Crippen LogP contribution in [0.1, 0.15) is 99.3 Å². The Morgan fingerprint density at radius 3 is 2.61 bits per heavy atom. The van der Waals surface area contributed by atoms with Crippen molar-refractivity contribution in [2.24, 2.45) is 40.4 Å². The average molecular weight is 461 g/mol. The lowest BCUT2D eigenvalue weighted by Gasteiger charge is -2.61. The molecule has 4 fully saturated rings. The zero-order valence-corrected chi connectivity index (χ0v) is 21.9. The fraction of sp³-hybridized carbons (Fsp3) is 0.931.